The second-order valence-corrected chi connectivity index (χ2v) is 4.88. The zero-order valence-corrected chi connectivity index (χ0v) is 11.0. The summed E-state index contributed by atoms with van der Waals surface area (Å²) in [6, 6.07) is 7.40. The van der Waals surface area contributed by atoms with Crippen LogP contribution in [-0.2, 0) is 0 Å². The Hall–Kier alpha value is -2.68. The van der Waals surface area contributed by atoms with E-state index in [-0.39, 0.29) is 5.82 Å². The lowest BCUT2D eigenvalue weighted by Crippen LogP contribution is -2.15. The van der Waals surface area contributed by atoms with Crippen molar-refractivity contribution in [2.75, 3.05) is 5.32 Å². The number of nitrogens with one attached hydrogen (secondary N) is 2. The number of nitrogens with zero attached hydrogens (tertiary/aromatic N) is 3. The summed E-state index contributed by atoms with van der Waals surface area (Å²) >= 11 is 0. The highest BCUT2D eigenvalue weighted by Gasteiger charge is 2.28. The third-order valence-electron chi connectivity index (χ3n) is 3.30. The van der Waals surface area contributed by atoms with Gasteiger partial charge in [-0.3, -0.25) is 9.89 Å². The minimum atomic E-state index is -0.407. The Kier molecular flexibility index (Phi) is 2.95. The van der Waals surface area contributed by atoms with Gasteiger partial charge in [0.25, 0.3) is 5.91 Å². The van der Waals surface area contributed by atoms with Crippen LogP contribution in [0, 0.1) is 18.3 Å². The van der Waals surface area contributed by atoms with Crippen LogP contribution < -0.4 is 5.32 Å². The largest absolute Gasteiger partial charge is 0.318 e. The van der Waals surface area contributed by atoms with Crippen LogP contribution >= 0.6 is 0 Å². The molecule has 20 heavy (non-hydrogen) atoms. The molecule has 2 N–H and O–H groups in total. The molecule has 100 valence electrons. The molecule has 1 aliphatic carbocycles. The Morgan fingerprint density at radius 2 is 2.30 bits per heavy atom. The number of amides is 1. The molecule has 0 spiro atoms. The molecule has 1 aromatic carbocycles. The van der Waals surface area contributed by atoms with Gasteiger partial charge in [0.05, 0.1) is 11.3 Å². The molecule has 1 saturated carbocycles. The maximum atomic E-state index is 12.1. The first-order valence-electron chi connectivity index (χ1n) is 6.42. The third kappa shape index (κ3) is 2.26. The highest BCUT2D eigenvalue weighted by molar-refractivity contribution is 6.02. The average molecular weight is 267 g/mol. The summed E-state index contributed by atoms with van der Waals surface area (Å²) in [5.74, 6) is 0.880. The first-order chi connectivity index (χ1) is 9.69. The highest BCUT2D eigenvalue weighted by Crippen LogP contribution is 2.37. The first-order valence-corrected chi connectivity index (χ1v) is 6.42. The summed E-state index contributed by atoms with van der Waals surface area (Å²) in [7, 11) is 0. The lowest BCUT2D eigenvalue weighted by atomic mass is 10.1. The standard InChI is InChI=1S/C14H13N5O/c1-8-3-2-4-11(10(8)7-15)16-14(20)13-17-12(18-19-13)9-5-6-9/h2-4,9H,5-6H2,1H3,(H,16,20)(H,17,18,19). The number of carbonyl (C=O) groups excluding carboxylic acids is 1. The predicted octanol–water partition coefficient (Wildman–Crippen LogP) is 2.11. The maximum Gasteiger partial charge on any atom is 0.295 e. The Balaban J connectivity index is 1.81. The molecule has 1 aromatic heterocycles. The fourth-order valence-corrected chi connectivity index (χ4v) is 2.01. The number of anilines is 1. The minimum absolute atomic E-state index is 0.109. The lowest BCUT2D eigenvalue weighted by Gasteiger charge is -2.06. The molecule has 1 amide bonds. The molecule has 0 unspecified atom stereocenters. The molecule has 1 fully saturated rings. The number of carbonyl (C=O) groups is 1. The second kappa shape index (κ2) is 4.78. The molecule has 0 aliphatic heterocycles. The van der Waals surface area contributed by atoms with Crippen LogP contribution in [-0.4, -0.2) is 21.1 Å². The molecule has 2 aromatic rings. The lowest BCUT2D eigenvalue weighted by molar-refractivity contribution is 0.101. The molecule has 1 aliphatic rings. The van der Waals surface area contributed by atoms with Crippen LogP contribution in [0.25, 0.3) is 0 Å². The maximum absolute atomic E-state index is 12.1. The van der Waals surface area contributed by atoms with E-state index in [0.717, 1.165) is 24.2 Å². The summed E-state index contributed by atoms with van der Waals surface area (Å²) in [4.78, 5) is 16.3. The Morgan fingerprint density at radius 3 is 3.00 bits per heavy atom. The number of aryl methyl sites for hydroxylation is 1. The number of nitriles is 1. The van der Waals surface area contributed by atoms with E-state index in [0.29, 0.717) is 17.2 Å². The van der Waals surface area contributed by atoms with Crippen LogP contribution in [0.5, 0.6) is 0 Å². The van der Waals surface area contributed by atoms with Gasteiger partial charge < -0.3 is 5.32 Å². The van der Waals surface area contributed by atoms with Crippen molar-refractivity contribution in [3.05, 3.63) is 41.0 Å². The number of benzene rings is 1. The van der Waals surface area contributed by atoms with Crippen LogP contribution in [0.4, 0.5) is 5.69 Å². The minimum Gasteiger partial charge on any atom is -0.318 e. The van der Waals surface area contributed by atoms with Gasteiger partial charge in [-0.15, -0.1) is 5.10 Å². The van der Waals surface area contributed by atoms with Gasteiger partial charge in [-0.05, 0) is 31.4 Å². The molecular formula is C14H13N5O. The van der Waals surface area contributed by atoms with Crippen LogP contribution in [0.2, 0.25) is 0 Å². The molecule has 0 saturated heterocycles. The van der Waals surface area contributed by atoms with Crippen molar-refractivity contribution in [1.82, 2.24) is 15.2 Å². The molecule has 6 heteroatoms. The molecular weight excluding hydrogens is 254 g/mol. The van der Waals surface area contributed by atoms with Crippen molar-refractivity contribution in [2.24, 2.45) is 0 Å². The SMILES string of the molecule is Cc1cccc(NC(=O)c2n[nH]c(C3CC3)n2)c1C#N. The molecule has 6 nitrogen and oxygen atoms in total. The molecule has 3 rings (SSSR count). The van der Waals surface area contributed by atoms with Crippen LogP contribution in [0.1, 0.15) is 46.3 Å². The smallest absolute Gasteiger partial charge is 0.295 e. The number of H-pyrrole nitrogens is 1. The van der Waals surface area contributed by atoms with E-state index >= 15 is 0 Å². The summed E-state index contributed by atoms with van der Waals surface area (Å²) in [5, 5.41) is 18.5. The number of hydrogen-bond acceptors (Lipinski definition) is 4. The molecule has 1 heterocycles. The van der Waals surface area contributed by atoms with Crippen molar-refractivity contribution in [3.8, 4) is 6.07 Å². The van der Waals surface area contributed by atoms with E-state index in [9.17, 15) is 4.79 Å². The van der Waals surface area contributed by atoms with Gasteiger partial charge in [0.1, 0.15) is 11.9 Å². The third-order valence-corrected chi connectivity index (χ3v) is 3.30. The van der Waals surface area contributed by atoms with E-state index in [1.54, 1.807) is 12.1 Å². The average Bonchev–Trinajstić information content (AvgIpc) is 3.16. The normalized spacial score (nSPS) is 13.8. The van der Waals surface area contributed by atoms with Crippen molar-refractivity contribution in [2.45, 2.75) is 25.7 Å². The molecule has 0 bridgehead atoms. The van der Waals surface area contributed by atoms with Crippen LogP contribution in [0.15, 0.2) is 18.2 Å². The quantitative estimate of drug-likeness (QED) is 0.890. The van der Waals surface area contributed by atoms with Gasteiger partial charge in [0.15, 0.2) is 0 Å². The Bertz CT molecular complexity index is 709. The first kappa shape index (κ1) is 12.4. The predicted molar refractivity (Wildman–Crippen MR) is 72.2 cm³/mol. The van der Waals surface area contributed by atoms with Crippen LogP contribution in [0.3, 0.4) is 0 Å². The molecule has 0 atom stereocenters. The Labute approximate surface area is 115 Å². The zero-order valence-electron chi connectivity index (χ0n) is 11.0. The van der Waals surface area contributed by atoms with E-state index in [1.165, 1.54) is 0 Å². The Morgan fingerprint density at radius 1 is 1.50 bits per heavy atom. The van der Waals surface area contributed by atoms with E-state index < -0.39 is 5.91 Å². The fraction of sp³-hybridized carbons (Fsp3) is 0.286. The number of rotatable bonds is 3. The number of aromatic nitrogens is 3. The van der Waals surface area contributed by atoms with Gasteiger partial charge in [-0.2, -0.15) is 5.26 Å². The van der Waals surface area contributed by atoms with Crippen molar-refractivity contribution in [3.63, 3.8) is 0 Å². The summed E-state index contributed by atoms with van der Waals surface area (Å²) in [5.41, 5.74) is 1.76. The van der Waals surface area contributed by atoms with E-state index in [2.05, 4.69) is 26.6 Å². The topological polar surface area (TPSA) is 94.5 Å². The highest BCUT2D eigenvalue weighted by atomic mass is 16.2. The number of aromatic amines is 1. The van der Waals surface area contributed by atoms with E-state index in [1.807, 2.05) is 13.0 Å². The van der Waals surface area contributed by atoms with Gasteiger partial charge in [0.2, 0.25) is 5.82 Å². The second-order valence-electron chi connectivity index (χ2n) is 4.88. The molecule has 0 radical (unpaired) electrons. The summed E-state index contributed by atoms with van der Waals surface area (Å²) in [6.07, 6.45) is 2.18. The zero-order chi connectivity index (χ0) is 14.1. The fourth-order valence-electron chi connectivity index (χ4n) is 2.01. The summed E-state index contributed by atoms with van der Waals surface area (Å²) in [6.45, 7) is 1.83. The van der Waals surface area contributed by atoms with Gasteiger partial charge in [-0.1, -0.05) is 12.1 Å². The van der Waals surface area contributed by atoms with Crippen molar-refractivity contribution >= 4 is 11.6 Å². The summed E-state index contributed by atoms with van der Waals surface area (Å²) < 4.78 is 0. The van der Waals surface area contributed by atoms with Gasteiger partial charge in [-0.25, -0.2) is 4.98 Å². The monoisotopic (exact) mass is 267 g/mol. The van der Waals surface area contributed by atoms with E-state index in [4.69, 9.17) is 5.26 Å². The number of hydrogen-bond donors (Lipinski definition) is 2. The van der Waals surface area contributed by atoms with Gasteiger partial charge in [0, 0.05) is 5.92 Å². The van der Waals surface area contributed by atoms with Gasteiger partial charge >= 0.3 is 0 Å². The van der Waals surface area contributed by atoms with Crippen molar-refractivity contribution in [1.29, 1.82) is 5.26 Å². The van der Waals surface area contributed by atoms with Crippen molar-refractivity contribution < 1.29 is 4.79 Å².